The summed E-state index contributed by atoms with van der Waals surface area (Å²) in [5.41, 5.74) is 1.63. The van der Waals surface area contributed by atoms with Crippen molar-refractivity contribution in [2.45, 2.75) is 39.8 Å². The van der Waals surface area contributed by atoms with E-state index in [1.54, 1.807) is 4.90 Å². The molecule has 0 aliphatic carbocycles. The molecule has 1 amide bonds. The molecule has 0 fully saturated rings. The van der Waals surface area contributed by atoms with E-state index in [1.807, 2.05) is 51.1 Å². The van der Waals surface area contributed by atoms with Crippen LogP contribution in [0.1, 0.15) is 37.9 Å². The van der Waals surface area contributed by atoms with Crippen LogP contribution in [0.15, 0.2) is 47.5 Å². The SMILES string of the molecule is CCN(Cc1ccccc1)C(=O)Cn1cnc(C(C)C)cc1=O. The molecule has 5 heteroatoms. The Bertz CT molecular complexity index is 708. The van der Waals surface area contributed by atoms with Crippen LogP contribution in [0.2, 0.25) is 0 Å². The number of aromatic nitrogens is 2. The third-order valence-electron chi connectivity index (χ3n) is 3.75. The lowest BCUT2D eigenvalue weighted by atomic mass is 10.1. The van der Waals surface area contributed by atoms with Crippen molar-refractivity contribution in [1.29, 1.82) is 0 Å². The summed E-state index contributed by atoms with van der Waals surface area (Å²) in [4.78, 5) is 30.5. The maximum absolute atomic E-state index is 12.5. The van der Waals surface area contributed by atoms with Crippen LogP contribution >= 0.6 is 0 Å². The molecule has 0 bridgehead atoms. The van der Waals surface area contributed by atoms with Crippen LogP contribution < -0.4 is 5.56 Å². The fourth-order valence-corrected chi connectivity index (χ4v) is 2.30. The van der Waals surface area contributed by atoms with E-state index >= 15 is 0 Å². The van der Waals surface area contributed by atoms with E-state index in [9.17, 15) is 9.59 Å². The maximum Gasteiger partial charge on any atom is 0.254 e. The van der Waals surface area contributed by atoms with Crippen molar-refractivity contribution in [3.05, 3.63) is 64.3 Å². The van der Waals surface area contributed by atoms with Gasteiger partial charge >= 0.3 is 0 Å². The normalized spacial score (nSPS) is 10.8. The van der Waals surface area contributed by atoms with Crippen LogP contribution in [-0.4, -0.2) is 26.9 Å². The molecule has 2 rings (SSSR count). The van der Waals surface area contributed by atoms with Gasteiger partial charge in [-0.15, -0.1) is 0 Å². The van der Waals surface area contributed by atoms with Gasteiger partial charge in [-0.2, -0.15) is 0 Å². The largest absolute Gasteiger partial charge is 0.337 e. The van der Waals surface area contributed by atoms with Crippen molar-refractivity contribution in [2.24, 2.45) is 0 Å². The van der Waals surface area contributed by atoms with Gasteiger partial charge < -0.3 is 4.90 Å². The van der Waals surface area contributed by atoms with E-state index in [0.717, 1.165) is 11.3 Å². The van der Waals surface area contributed by atoms with E-state index in [4.69, 9.17) is 0 Å². The molecule has 1 heterocycles. The molecule has 0 radical (unpaired) electrons. The monoisotopic (exact) mass is 313 g/mol. The van der Waals surface area contributed by atoms with Gasteiger partial charge in [0.05, 0.1) is 12.0 Å². The molecule has 0 unspecified atom stereocenters. The fraction of sp³-hybridized carbons (Fsp3) is 0.389. The summed E-state index contributed by atoms with van der Waals surface area (Å²) in [5.74, 6) is 0.107. The molecule has 0 aliphatic heterocycles. The minimum atomic E-state index is -0.187. The second-order valence-corrected chi connectivity index (χ2v) is 5.83. The number of likely N-dealkylation sites (N-methyl/N-ethyl adjacent to an activating group) is 1. The number of hydrogen-bond acceptors (Lipinski definition) is 3. The lowest BCUT2D eigenvalue weighted by Gasteiger charge is -2.21. The zero-order valence-electron chi connectivity index (χ0n) is 13.9. The van der Waals surface area contributed by atoms with Gasteiger partial charge in [-0.05, 0) is 18.4 Å². The lowest BCUT2D eigenvalue weighted by molar-refractivity contribution is -0.132. The molecule has 0 N–H and O–H groups in total. The van der Waals surface area contributed by atoms with Crippen molar-refractivity contribution >= 4 is 5.91 Å². The minimum Gasteiger partial charge on any atom is -0.337 e. The number of nitrogens with zero attached hydrogens (tertiary/aromatic N) is 3. The predicted molar refractivity (Wildman–Crippen MR) is 90.1 cm³/mol. The van der Waals surface area contributed by atoms with Gasteiger partial charge in [-0.25, -0.2) is 4.98 Å². The summed E-state index contributed by atoms with van der Waals surface area (Å²) >= 11 is 0. The Labute approximate surface area is 136 Å². The van der Waals surface area contributed by atoms with Crippen LogP contribution in [0.4, 0.5) is 0 Å². The molecule has 1 aromatic heterocycles. The van der Waals surface area contributed by atoms with E-state index in [-0.39, 0.29) is 23.9 Å². The first-order valence-corrected chi connectivity index (χ1v) is 7.89. The zero-order valence-corrected chi connectivity index (χ0v) is 13.9. The number of carbonyl (C=O) groups is 1. The van der Waals surface area contributed by atoms with Gasteiger partial charge in [0.2, 0.25) is 5.91 Å². The molecule has 0 spiro atoms. The standard InChI is InChI=1S/C18H23N3O2/c1-4-20(11-15-8-6-5-7-9-15)18(23)12-21-13-19-16(14(2)3)10-17(21)22/h5-10,13-14H,4,11-12H2,1-3H3. The summed E-state index contributed by atoms with van der Waals surface area (Å²) in [6, 6.07) is 11.3. The fourth-order valence-electron chi connectivity index (χ4n) is 2.30. The van der Waals surface area contributed by atoms with Crippen molar-refractivity contribution < 1.29 is 4.79 Å². The van der Waals surface area contributed by atoms with E-state index < -0.39 is 0 Å². The van der Waals surface area contributed by atoms with Gasteiger partial charge in [0.1, 0.15) is 6.54 Å². The Morgan fingerprint density at radius 3 is 2.52 bits per heavy atom. The van der Waals surface area contributed by atoms with Gasteiger partial charge in [0.15, 0.2) is 0 Å². The first kappa shape index (κ1) is 16.9. The molecular weight excluding hydrogens is 290 g/mol. The highest BCUT2D eigenvalue weighted by Gasteiger charge is 2.14. The average molecular weight is 313 g/mol. The Hall–Kier alpha value is -2.43. The Kier molecular flexibility index (Phi) is 5.68. The maximum atomic E-state index is 12.5. The van der Waals surface area contributed by atoms with Crippen LogP contribution in [-0.2, 0) is 17.9 Å². The average Bonchev–Trinajstić information content (AvgIpc) is 2.55. The summed E-state index contributed by atoms with van der Waals surface area (Å²) in [5, 5.41) is 0. The smallest absolute Gasteiger partial charge is 0.254 e. The summed E-state index contributed by atoms with van der Waals surface area (Å²) < 4.78 is 1.36. The molecule has 0 saturated heterocycles. The lowest BCUT2D eigenvalue weighted by Crippen LogP contribution is -2.36. The van der Waals surface area contributed by atoms with Gasteiger partial charge in [-0.1, -0.05) is 44.2 Å². The highest BCUT2D eigenvalue weighted by Crippen LogP contribution is 2.08. The first-order valence-electron chi connectivity index (χ1n) is 7.89. The number of benzene rings is 1. The zero-order chi connectivity index (χ0) is 16.8. The highest BCUT2D eigenvalue weighted by molar-refractivity contribution is 5.75. The van der Waals surface area contributed by atoms with Crippen molar-refractivity contribution in [3.63, 3.8) is 0 Å². The minimum absolute atomic E-state index is 0.0187. The Morgan fingerprint density at radius 2 is 1.96 bits per heavy atom. The number of carbonyl (C=O) groups excluding carboxylic acids is 1. The Morgan fingerprint density at radius 1 is 1.26 bits per heavy atom. The van der Waals surface area contributed by atoms with E-state index in [1.165, 1.54) is 17.0 Å². The molecule has 2 aromatic rings. The van der Waals surface area contributed by atoms with Gasteiger partial charge in [0.25, 0.3) is 5.56 Å². The quantitative estimate of drug-likeness (QED) is 0.823. The molecule has 0 atom stereocenters. The molecule has 0 aliphatic rings. The van der Waals surface area contributed by atoms with Crippen LogP contribution in [0.5, 0.6) is 0 Å². The molecule has 23 heavy (non-hydrogen) atoms. The van der Waals surface area contributed by atoms with Crippen LogP contribution in [0, 0.1) is 0 Å². The second-order valence-electron chi connectivity index (χ2n) is 5.83. The molecule has 122 valence electrons. The van der Waals surface area contributed by atoms with Gasteiger partial charge in [-0.3, -0.25) is 14.2 Å². The highest BCUT2D eigenvalue weighted by atomic mass is 16.2. The first-order chi connectivity index (χ1) is 11.0. The van der Waals surface area contributed by atoms with E-state index in [2.05, 4.69) is 4.98 Å². The third-order valence-corrected chi connectivity index (χ3v) is 3.75. The van der Waals surface area contributed by atoms with Gasteiger partial charge in [0, 0.05) is 19.2 Å². The van der Waals surface area contributed by atoms with Crippen molar-refractivity contribution in [1.82, 2.24) is 14.5 Å². The number of rotatable bonds is 6. The number of amides is 1. The van der Waals surface area contributed by atoms with Crippen LogP contribution in [0.25, 0.3) is 0 Å². The third kappa shape index (κ3) is 4.52. The Balaban J connectivity index is 2.09. The summed E-state index contributed by atoms with van der Waals surface area (Å²) in [6.07, 6.45) is 1.46. The molecule has 1 aromatic carbocycles. The topological polar surface area (TPSA) is 55.2 Å². The second kappa shape index (κ2) is 7.72. The predicted octanol–water partition coefficient (Wildman–Crippen LogP) is 2.42. The molecule has 5 nitrogen and oxygen atoms in total. The summed E-state index contributed by atoms with van der Waals surface area (Å²) in [6.45, 7) is 7.06. The van der Waals surface area contributed by atoms with Crippen LogP contribution in [0.3, 0.4) is 0 Å². The van der Waals surface area contributed by atoms with E-state index in [0.29, 0.717) is 13.1 Å². The number of hydrogen-bond donors (Lipinski definition) is 0. The molecule has 0 saturated carbocycles. The summed E-state index contributed by atoms with van der Waals surface area (Å²) in [7, 11) is 0. The van der Waals surface area contributed by atoms with Crippen molar-refractivity contribution in [2.75, 3.05) is 6.54 Å². The van der Waals surface area contributed by atoms with Crippen molar-refractivity contribution in [3.8, 4) is 0 Å². The molecular formula is C18H23N3O2.